The third-order valence-electron chi connectivity index (χ3n) is 3.28. The minimum Gasteiger partial charge on any atom is -0.491 e. The molecule has 0 spiro atoms. The van der Waals surface area contributed by atoms with Gasteiger partial charge in [-0.25, -0.2) is 0 Å². The third kappa shape index (κ3) is 8.55. The van der Waals surface area contributed by atoms with Crippen molar-refractivity contribution in [1.29, 1.82) is 0 Å². The highest BCUT2D eigenvalue weighted by atomic mass is 16.5. The molecular weight excluding hydrogens is 276 g/mol. The molecule has 2 N–H and O–H groups in total. The van der Waals surface area contributed by atoms with Crippen molar-refractivity contribution in [1.82, 2.24) is 5.32 Å². The summed E-state index contributed by atoms with van der Waals surface area (Å²) in [5.74, 6) is 0.884. The van der Waals surface area contributed by atoms with Crippen molar-refractivity contribution >= 4 is 11.6 Å². The molecular formula is C18H30N2O2. The molecule has 4 nitrogen and oxygen atoms in total. The summed E-state index contributed by atoms with van der Waals surface area (Å²) in [5, 5.41) is 6.06. The van der Waals surface area contributed by atoms with Gasteiger partial charge in [-0.3, -0.25) is 4.79 Å². The highest BCUT2D eigenvalue weighted by molar-refractivity contribution is 5.80. The molecule has 0 aliphatic rings. The summed E-state index contributed by atoms with van der Waals surface area (Å²) in [5.41, 5.74) is 0.925. The summed E-state index contributed by atoms with van der Waals surface area (Å²) in [6.45, 7) is 7.27. The molecule has 0 fully saturated rings. The summed E-state index contributed by atoms with van der Waals surface area (Å²) in [6, 6.07) is 7.67. The van der Waals surface area contributed by atoms with E-state index >= 15 is 0 Å². The first-order valence-electron chi connectivity index (χ1n) is 8.39. The number of carbonyl (C=O) groups excluding carboxylic acids is 1. The molecule has 1 aromatic rings. The fraction of sp³-hybridized carbons (Fsp3) is 0.611. The quantitative estimate of drug-likeness (QED) is 0.608. The van der Waals surface area contributed by atoms with E-state index in [2.05, 4.69) is 17.6 Å². The Labute approximate surface area is 134 Å². The third-order valence-corrected chi connectivity index (χ3v) is 3.28. The topological polar surface area (TPSA) is 50.4 Å². The molecule has 0 heterocycles. The number of nitrogens with one attached hydrogen (secondary N) is 2. The number of hydrogen-bond donors (Lipinski definition) is 2. The van der Waals surface area contributed by atoms with E-state index in [0.717, 1.165) is 24.4 Å². The molecule has 0 saturated heterocycles. The van der Waals surface area contributed by atoms with Crippen LogP contribution in [0.5, 0.6) is 5.75 Å². The molecule has 0 aliphatic heterocycles. The Morgan fingerprint density at radius 3 is 2.41 bits per heavy atom. The largest absolute Gasteiger partial charge is 0.491 e. The predicted molar refractivity (Wildman–Crippen MR) is 92.5 cm³/mol. The lowest BCUT2D eigenvalue weighted by Crippen LogP contribution is -2.30. The van der Waals surface area contributed by atoms with Gasteiger partial charge in [-0.05, 0) is 44.5 Å². The second-order valence-corrected chi connectivity index (χ2v) is 5.81. The molecule has 22 heavy (non-hydrogen) atoms. The maximum absolute atomic E-state index is 11.7. The van der Waals surface area contributed by atoms with E-state index in [4.69, 9.17) is 4.74 Å². The van der Waals surface area contributed by atoms with Gasteiger partial charge in [0.25, 0.3) is 0 Å². The molecule has 0 unspecified atom stereocenters. The standard InChI is InChI=1S/C18H30N2O2/c1-4-5-6-7-8-13-19-18(21)14-20-16-9-11-17(12-10-16)22-15(2)3/h9-12,15,20H,4-8,13-14H2,1-3H3,(H,19,21). The zero-order valence-electron chi connectivity index (χ0n) is 14.2. The Morgan fingerprint density at radius 2 is 1.77 bits per heavy atom. The highest BCUT2D eigenvalue weighted by Crippen LogP contribution is 2.16. The van der Waals surface area contributed by atoms with E-state index in [9.17, 15) is 4.79 Å². The smallest absolute Gasteiger partial charge is 0.239 e. The number of rotatable bonds is 11. The zero-order valence-corrected chi connectivity index (χ0v) is 14.2. The van der Waals surface area contributed by atoms with Crippen molar-refractivity contribution in [3.63, 3.8) is 0 Å². The first kappa shape index (κ1) is 18.3. The molecule has 0 radical (unpaired) electrons. The lowest BCUT2D eigenvalue weighted by Gasteiger charge is -2.11. The van der Waals surface area contributed by atoms with Crippen molar-refractivity contribution in [3.05, 3.63) is 24.3 Å². The number of hydrogen-bond acceptors (Lipinski definition) is 3. The predicted octanol–water partition coefficient (Wildman–Crippen LogP) is 3.97. The maximum atomic E-state index is 11.7. The minimum atomic E-state index is 0.0398. The van der Waals surface area contributed by atoms with E-state index in [1.807, 2.05) is 38.1 Å². The van der Waals surface area contributed by atoms with Crippen LogP contribution in [0.2, 0.25) is 0 Å². The molecule has 0 aromatic heterocycles. The van der Waals surface area contributed by atoms with Crippen LogP contribution in [-0.4, -0.2) is 25.1 Å². The van der Waals surface area contributed by atoms with Crippen LogP contribution in [0.15, 0.2) is 24.3 Å². The molecule has 0 bridgehead atoms. The average molecular weight is 306 g/mol. The summed E-state index contributed by atoms with van der Waals surface area (Å²) in [6.07, 6.45) is 6.21. The Morgan fingerprint density at radius 1 is 1.09 bits per heavy atom. The number of ether oxygens (including phenoxy) is 1. The molecule has 4 heteroatoms. The lowest BCUT2D eigenvalue weighted by molar-refractivity contribution is -0.119. The summed E-state index contributed by atoms with van der Waals surface area (Å²) >= 11 is 0. The van der Waals surface area contributed by atoms with Crippen LogP contribution >= 0.6 is 0 Å². The molecule has 0 atom stereocenters. The molecule has 124 valence electrons. The van der Waals surface area contributed by atoms with Gasteiger partial charge in [0, 0.05) is 12.2 Å². The molecule has 0 saturated carbocycles. The van der Waals surface area contributed by atoms with Gasteiger partial charge >= 0.3 is 0 Å². The second-order valence-electron chi connectivity index (χ2n) is 5.81. The summed E-state index contributed by atoms with van der Waals surface area (Å²) < 4.78 is 5.58. The van der Waals surface area contributed by atoms with E-state index in [1.165, 1.54) is 25.7 Å². The van der Waals surface area contributed by atoms with Gasteiger partial charge in [-0.15, -0.1) is 0 Å². The van der Waals surface area contributed by atoms with Crippen molar-refractivity contribution in [2.45, 2.75) is 59.0 Å². The Hall–Kier alpha value is -1.71. The SMILES string of the molecule is CCCCCCCNC(=O)CNc1ccc(OC(C)C)cc1. The van der Waals surface area contributed by atoms with Crippen molar-refractivity contribution < 1.29 is 9.53 Å². The van der Waals surface area contributed by atoms with Gasteiger partial charge < -0.3 is 15.4 Å². The fourth-order valence-corrected chi connectivity index (χ4v) is 2.12. The number of benzene rings is 1. The molecule has 1 rings (SSSR count). The van der Waals surface area contributed by atoms with Gasteiger partial charge in [0.1, 0.15) is 5.75 Å². The van der Waals surface area contributed by atoms with Gasteiger partial charge in [0.2, 0.25) is 5.91 Å². The van der Waals surface area contributed by atoms with E-state index in [0.29, 0.717) is 6.54 Å². The summed E-state index contributed by atoms with van der Waals surface area (Å²) in [4.78, 5) is 11.7. The van der Waals surface area contributed by atoms with Crippen LogP contribution < -0.4 is 15.4 Å². The second kappa shape index (κ2) is 10.9. The molecule has 1 aromatic carbocycles. The van der Waals surface area contributed by atoms with Crippen LogP contribution in [0.4, 0.5) is 5.69 Å². The van der Waals surface area contributed by atoms with Crippen LogP contribution in [0.1, 0.15) is 52.9 Å². The molecule has 1 amide bonds. The van der Waals surface area contributed by atoms with Crippen molar-refractivity contribution in [2.24, 2.45) is 0 Å². The van der Waals surface area contributed by atoms with E-state index in [-0.39, 0.29) is 12.0 Å². The number of unbranched alkanes of at least 4 members (excludes halogenated alkanes) is 4. The van der Waals surface area contributed by atoms with Crippen LogP contribution in [-0.2, 0) is 4.79 Å². The van der Waals surface area contributed by atoms with Gasteiger partial charge in [0.15, 0.2) is 0 Å². The lowest BCUT2D eigenvalue weighted by atomic mass is 10.1. The average Bonchev–Trinajstić information content (AvgIpc) is 2.49. The first-order valence-corrected chi connectivity index (χ1v) is 8.39. The van der Waals surface area contributed by atoms with Crippen molar-refractivity contribution in [2.75, 3.05) is 18.4 Å². The van der Waals surface area contributed by atoms with Crippen molar-refractivity contribution in [3.8, 4) is 5.75 Å². The Balaban J connectivity index is 2.15. The number of carbonyl (C=O) groups is 1. The van der Waals surface area contributed by atoms with E-state index < -0.39 is 0 Å². The zero-order chi connectivity index (χ0) is 16.2. The normalized spacial score (nSPS) is 10.5. The van der Waals surface area contributed by atoms with Crippen LogP contribution in [0.3, 0.4) is 0 Å². The number of anilines is 1. The molecule has 0 aliphatic carbocycles. The highest BCUT2D eigenvalue weighted by Gasteiger charge is 2.01. The first-order chi connectivity index (χ1) is 10.6. The van der Waals surface area contributed by atoms with Crippen LogP contribution in [0.25, 0.3) is 0 Å². The Kier molecular flexibility index (Phi) is 9.12. The number of amides is 1. The summed E-state index contributed by atoms with van der Waals surface area (Å²) in [7, 11) is 0. The van der Waals surface area contributed by atoms with Gasteiger partial charge in [-0.2, -0.15) is 0 Å². The fourth-order valence-electron chi connectivity index (χ4n) is 2.12. The minimum absolute atomic E-state index is 0.0398. The van der Waals surface area contributed by atoms with Gasteiger partial charge in [0.05, 0.1) is 12.6 Å². The Bertz CT molecular complexity index is 416. The van der Waals surface area contributed by atoms with Crippen LogP contribution in [0, 0.1) is 0 Å². The monoisotopic (exact) mass is 306 g/mol. The maximum Gasteiger partial charge on any atom is 0.239 e. The van der Waals surface area contributed by atoms with E-state index in [1.54, 1.807) is 0 Å². The van der Waals surface area contributed by atoms with Gasteiger partial charge in [-0.1, -0.05) is 32.6 Å².